The highest BCUT2D eigenvalue weighted by Gasteiger charge is 2.29. The van der Waals surface area contributed by atoms with Gasteiger partial charge in [0, 0.05) is 17.0 Å². The number of nitrogens with one attached hydrogen (secondary N) is 2. The molecular formula is C18H24N2O3S2. The van der Waals surface area contributed by atoms with E-state index in [-0.39, 0.29) is 22.3 Å². The van der Waals surface area contributed by atoms with E-state index in [9.17, 15) is 13.2 Å². The van der Waals surface area contributed by atoms with Gasteiger partial charge < -0.3 is 5.32 Å². The van der Waals surface area contributed by atoms with Crippen molar-refractivity contribution in [3.63, 3.8) is 0 Å². The molecule has 2 N–H and O–H groups in total. The van der Waals surface area contributed by atoms with E-state index in [0.717, 1.165) is 4.88 Å². The number of rotatable bonds is 6. The van der Waals surface area contributed by atoms with Gasteiger partial charge in [-0.15, -0.1) is 11.3 Å². The van der Waals surface area contributed by atoms with Crippen molar-refractivity contribution in [2.45, 2.75) is 38.6 Å². The summed E-state index contributed by atoms with van der Waals surface area (Å²) >= 11 is 1.59. The van der Waals surface area contributed by atoms with Crippen LogP contribution in [0.1, 0.15) is 49.0 Å². The number of sulfonamides is 1. The Bertz CT molecular complexity index is 822. The van der Waals surface area contributed by atoms with Gasteiger partial charge in [-0.25, -0.2) is 13.1 Å². The third-order valence-corrected chi connectivity index (χ3v) is 6.19. The molecule has 0 fully saturated rings. The van der Waals surface area contributed by atoms with Crippen LogP contribution in [0, 0.1) is 5.41 Å². The minimum atomic E-state index is -3.59. The molecule has 0 bridgehead atoms. The molecule has 1 heterocycles. The van der Waals surface area contributed by atoms with Gasteiger partial charge in [0.15, 0.2) is 0 Å². The SMILES string of the molecule is CCNS(=O)(=O)c1cccc(C(=O)NC(c2cccs2)C(C)(C)C)c1. The number of hydrogen-bond donors (Lipinski definition) is 2. The minimum absolute atomic E-state index is 0.0884. The summed E-state index contributed by atoms with van der Waals surface area (Å²) in [7, 11) is -3.59. The zero-order chi connectivity index (χ0) is 18.7. The van der Waals surface area contributed by atoms with Crippen LogP contribution in [-0.4, -0.2) is 20.9 Å². The van der Waals surface area contributed by atoms with Crippen LogP contribution in [-0.2, 0) is 10.0 Å². The fraction of sp³-hybridized carbons (Fsp3) is 0.389. The zero-order valence-electron chi connectivity index (χ0n) is 14.9. The first kappa shape index (κ1) is 19.6. The molecule has 0 aliphatic rings. The van der Waals surface area contributed by atoms with Gasteiger partial charge in [-0.1, -0.05) is 39.8 Å². The summed E-state index contributed by atoms with van der Waals surface area (Å²) in [6.45, 7) is 8.18. The summed E-state index contributed by atoms with van der Waals surface area (Å²) in [5, 5.41) is 5.02. The Morgan fingerprint density at radius 2 is 1.92 bits per heavy atom. The Labute approximate surface area is 153 Å². The van der Waals surface area contributed by atoms with Gasteiger partial charge in [-0.3, -0.25) is 4.79 Å². The lowest BCUT2D eigenvalue weighted by Gasteiger charge is -2.30. The Morgan fingerprint density at radius 1 is 1.20 bits per heavy atom. The van der Waals surface area contributed by atoms with Gasteiger partial charge in [0.05, 0.1) is 10.9 Å². The van der Waals surface area contributed by atoms with E-state index in [1.807, 2.05) is 17.5 Å². The van der Waals surface area contributed by atoms with Crippen molar-refractivity contribution in [1.82, 2.24) is 10.0 Å². The second-order valence-corrected chi connectivity index (χ2v) is 9.56. The molecule has 1 unspecified atom stereocenters. The van der Waals surface area contributed by atoms with E-state index in [4.69, 9.17) is 0 Å². The summed E-state index contributed by atoms with van der Waals surface area (Å²) in [5.41, 5.74) is 0.151. The lowest BCUT2D eigenvalue weighted by Crippen LogP contribution is -2.36. The number of thiophene rings is 1. The maximum absolute atomic E-state index is 12.7. The number of carbonyl (C=O) groups excluding carboxylic acids is 1. The highest BCUT2D eigenvalue weighted by atomic mass is 32.2. The molecule has 5 nitrogen and oxygen atoms in total. The van der Waals surface area contributed by atoms with Crippen molar-refractivity contribution in [2.75, 3.05) is 6.54 Å². The number of carbonyl (C=O) groups is 1. The van der Waals surface area contributed by atoms with Gasteiger partial charge in [-0.05, 0) is 35.1 Å². The van der Waals surface area contributed by atoms with Crippen molar-refractivity contribution >= 4 is 27.3 Å². The summed E-state index contributed by atoms with van der Waals surface area (Å²) < 4.78 is 26.7. The molecule has 0 spiro atoms. The van der Waals surface area contributed by atoms with Crippen molar-refractivity contribution in [3.8, 4) is 0 Å². The first-order chi connectivity index (χ1) is 11.6. The summed E-state index contributed by atoms with van der Waals surface area (Å²) in [5.74, 6) is -0.290. The Hall–Kier alpha value is -1.70. The topological polar surface area (TPSA) is 75.3 Å². The Balaban J connectivity index is 2.28. The summed E-state index contributed by atoms with van der Waals surface area (Å²) in [4.78, 5) is 13.9. The first-order valence-corrected chi connectivity index (χ1v) is 10.5. The van der Waals surface area contributed by atoms with Gasteiger partial charge in [0.25, 0.3) is 5.91 Å². The molecule has 0 aliphatic heterocycles. The minimum Gasteiger partial charge on any atom is -0.344 e. The molecule has 0 saturated carbocycles. The number of benzene rings is 1. The van der Waals surface area contributed by atoms with Crippen molar-refractivity contribution in [3.05, 3.63) is 52.2 Å². The largest absolute Gasteiger partial charge is 0.344 e. The molecule has 0 aliphatic carbocycles. The predicted octanol–water partition coefficient (Wildman–Crippen LogP) is 3.56. The molecule has 1 aromatic heterocycles. The van der Waals surface area contributed by atoms with E-state index >= 15 is 0 Å². The second-order valence-electron chi connectivity index (χ2n) is 6.82. The maximum Gasteiger partial charge on any atom is 0.251 e. The van der Waals surface area contributed by atoms with E-state index < -0.39 is 10.0 Å². The molecule has 136 valence electrons. The van der Waals surface area contributed by atoms with E-state index in [1.165, 1.54) is 12.1 Å². The fourth-order valence-corrected chi connectivity index (χ4v) is 4.57. The molecular weight excluding hydrogens is 356 g/mol. The van der Waals surface area contributed by atoms with Crippen LogP contribution in [0.3, 0.4) is 0 Å². The molecule has 2 rings (SSSR count). The lowest BCUT2D eigenvalue weighted by molar-refractivity contribution is 0.0903. The molecule has 1 atom stereocenters. The average Bonchev–Trinajstić information content (AvgIpc) is 3.05. The molecule has 0 saturated heterocycles. The molecule has 25 heavy (non-hydrogen) atoms. The van der Waals surface area contributed by atoms with Crippen molar-refractivity contribution < 1.29 is 13.2 Å². The second kappa shape index (κ2) is 7.68. The van der Waals surface area contributed by atoms with Crippen molar-refractivity contribution in [2.24, 2.45) is 5.41 Å². The molecule has 2 aromatic rings. The third kappa shape index (κ3) is 4.90. The number of amides is 1. The maximum atomic E-state index is 12.7. The Kier molecular flexibility index (Phi) is 6.03. The normalized spacial score (nSPS) is 13.4. The van der Waals surface area contributed by atoms with Crippen LogP contribution in [0.15, 0.2) is 46.7 Å². The Morgan fingerprint density at radius 3 is 2.48 bits per heavy atom. The fourth-order valence-electron chi connectivity index (χ4n) is 2.46. The van der Waals surface area contributed by atoms with Crippen LogP contribution >= 0.6 is 11.3 Å². The lowest BCUT2D eigenvalue weighted by atomic mass is 9.85. The average molecular weight is 381 g/mol. The van der Waals surface area contributed by atoms with Crippen molar-refractivity contribution in [1.29, 1.82) is 0 Å². The van der Waals surface area contributed by atoms with E-state index in [2.05, 4.69) is 30.8 Å². The van der Waals surface area contributed by atoms with Gasteiger partial charge >= 0.3 is 0 Å². The smallest absolute Gasteiger partial charge is 0.251 e. The van der Waals surface area contributed by atoms with Crippen LogP contribution in [0.2, 0.25) is 0 Å². The van der Waals surface area contributed by atoms with Crippen LogP contribution in [0.25, 0.3) is 0 Å². The monoisotopic (exact) mass is 380 g/mol. The van der Waals surface area contributed by atoms with Crippen LogP contribution < -0.4 is 10.0 Å². The van der Waals surface area contributed by atoms with Gasteiger partial charge in [-0.2, -0.15) is 0 Å². The number of hydrogen-bond acceptors (Lipinski definition) is 4. The predicted molar refractivity (Wildman–Crippen MR) is 101 cm³/mol. The first-order valence-electron chi connectivity index (χ1n) is 8.09. The van der Waals surface area contributed by atoms with E-state index in [1.54, 1.807) is 30.4 Å². The van der Waals surface area contributed by atoms with E-state index in [0.29, 0.717) is 12.1 Å². The third-order valence-electron chi connectivity index (χ3n) is 3.71. The quantitative estimate of drug-likeness (QED) is 0.804. The van der Waals surface area contributed by atoms with Crippen LogP contribution in [0.4, 0.5) is 0 Å². The summed E-state index contributed by atoms with van der Waals surface area (Å²) in [6.07, 6.45) is 0. The van der Waals surface area contributed by atoms with Gasteiger partial charge in [0.1, 0.15) is 0 Å². The summed E-state index contributed by atoms with van der Waals surface area (Å²) in [6, 6.07) is 9.87. The molecule has 1 aromatic carbocycles. The molecule has 0 radical (unpaired) electrons. The standard InChI is InChI=1S/C18H24N2O3S2/c1-5-19-25(22,23)14-9-6-8-13(12-14)17(21)20-16(18(2,3)4)15-10-7-11-24-15/h6-12,16,19H,5H2,1-4H3,(H,20,21). The molecule has 1 amide bonds. The zero-order valence-corrected chi connectivity index (χ0v) is 16.5. The highest BCUT2D eigenvalue weighted by Crippen LogP contribution is 2.35. The highest BCUT2D eigenvalue weighted by molar-refractivity contribution is 7.89. The van der Waals surface area contributed by atoms with Crippen LogP contribution in [0.5, 0.6) is 0 Å². The molecule has 7 heteroatoms. The van der Waals surface area contributed by atoms with Gasteiger partial charge in [0.2, 0.25) is 10.0 Å².